The fourth-order valence-corrected chi connectivity index (χ4v) is 2.77. The molecule has 1 aliphatic heterocycles. The lowest BCUT2D eigenvalue weighted by molar-refractivity contribution is -0.127. The van der Waals surface area contributed by atoms with Gasteiger partial charge >= 0.3 is 0 Å². The molecule has 1 aliphatic rings. The lowest BCUT2D eigenvalue weighted by Gasteiger charge is -2.34. The number of rotatable bonds is 4. The molecule has 1 amide bonds. The molecule has 0 unspecified atom stereocenters. The zero-order chi connectivity index (χ0) is 16.1. The van der Waals surface area contributed by atoms with Crippen LogP contribution in [-0.2, 0) is 11.3 Å². The highest BCUT2D eigenvalue weighted by molar-refractivity contribution is 5.91. The first-order valence-electron chi connectivity index (χ1n) is 8.00. The summed E-state index contributed by atoms with van der Waals surface area (Å²) in [6.45, 7) is 6.21. The standard InChI is InChI=1S/C19H22N2O2/c1-16-7-8-18(23-16)9-10-19(22)21-13-11-20(12-14-21)15-17-5-3-2-4-6-17/h2-10H,11-15H2,1H3. The number of nitrogens with zero attached hydrogens (tertiary/aromatic N) is 2. The Morgan fingerprint density at radius 1 is 1.09 bits per heavy atom. The van der Waals surface area contributed by atoms with E-state index in [1.54, 1.807) is 12.2 Å². The van der Waals surface area contributed by atoms with Crippen LogP contribution < -0.4 is 0 Å². The molecule has 0 atom stereocenters. The third-order valence-corrected chi connectivity index (χ3v) is 4.08. The Hall–Kier alpha value is -2.33. The van der Waals surface area contributed by atoms with Crippen LogP contribution >= 0.6 is 0 Å². The summed E-state index contributed by atoms with van der Waals surface area (Å²) in [7, 11) is 0. The summed E-state index contributed by atoms with van der Waals surface area (Å²) < 4.78 is 5.44. The molecule has 0 aliphatic carbocycles. The van der Waals surface area contributed by atoms with E-state index in [-0.39, 0.29) is 5.91 Å². The van der Waals surface area contributed by atoms with Gasteiger partial charge in [-0.3, -0.25) is 9.69 Å². The number of furan rings is 1. The third-order valence-electron chi connectivity index (χ3n) is 4.08. The molecule has 2 aromatic rings. The van der Waals surface area contributed by atoms with Crippen molar-refractivity contribution in [3.05, 3.63) is 65.6 Å². The second kappa shape index (κ2) is 7.29. The molecule has 4 heteroatoms. The van der Waals surface area contributed by atoms with Gasteiger partial charge in [0.15, 0.2) is 0 Å². The molecule has 2 heterocycles. The van der Waals surface area contributed by atoms with Crippen molar-refractivity contribution in [3.8, 4) is 0 Å². The van der Waals surface area contributed by atoms with E-state index in [2.05, 4.69) is 29.2 Å². The maximum Gasteiger partial charge on any atom is 0.246 e. The first-order chi connectivity index (χ1) is 11.2. The number of hydrogen-bond acceptors (Lipinski definition) is 3. The predicted octanol–water partition coefficient (Wildman–Crippen LogP) is 2.95. The fourth-order valence-electron chi connectivity index (χ4n) is 2.77. The van der Waals surface area contributed by atoms with Crippen molar-refractivity contribution in [1.82, 2.24) is 9.80 Å². The van der Waals surface area contributed by atoms with Crippen molar-refractivity contribution >= 4 is 12.0 Å². The summed E-state index contributed by atoms with van der Waals surface area (Å²) in [4.78, 5) is 16.5. The maximum atomic E-state index is 12.2. The van der Waals surface area contributed by atoms with Crippen LogP contribution in [0, 0.1) is 6.92 Å². The Balaban J connectivity index is 1.48. The van der Waals surface area contributed by atoms with Gasteiger partial charge < -0.3 is 9.32 Å². The molecule has 0 saturated carbocycles. The Labute approximate surface area is 137 Å². The number of amides is 1. The van der Waals surface area contributed by atoms with Crippen LogP contribution in [0.25, 0.3) is 6.08 Å². The van der Waals surface area contributed by atoms with Gasteiger partial charge in [-0.05, 0) is 30.7 Å². The smallest absolute Gasteiger partial charge is 0.246 e. The Morgan fingerprint density at radius 2 is 1.83 bits per heavy atom. The van der Waals surface area contributed by atoms with Crippen LogP contribution in [-0.4, -0.2) is 41.9 Å². The summed E-state index contributed by atoms with van der Waals surface area (Å²) >= 11 is 0. The van der Waals surface area contributed by atoms with Crippen LogP contribution in [0.15, 0.2) is 53.0 Å². The van der Waals surface area contributed by atoms with Gasteiger partial charge in [-0.15, -0.1) is 0 Å². The molecule has 23 heavy (non-hydrogen) atoms. The maximum absolute atomic E-state index is 12.2. The minimum absolute atomic E-state index is 0.0541. The first kappa shape index (κ1) is 15.6. The second-order valence-electron chi connectivity index (χ2n) is 5.87. The number of carbonyl (C=O) groups excluding carboxylic acids is 1. The minimum atomic E-state index is 0.0541. The lowest BCUT2D eigenvalue weighted by atomic mass is 10.2. The normalized spacial score (nSPS) is 16.1. The van der Waals surface area contributed by atoms with Gasteiger partial charge in [0.25, 0.3) is 0 Å². The van der Waals surface area contributed by atoms with Crippen molar-refractivity contribution < 1.29 is 9.21 Å². The van der Waals surface area contributed by atoms with E-state index in [0.717, 1.165) is 44.2 Å². The molecule has 0 N–H and O–H groups in total. The summed E-state index contributed by atoms with van der Waals surface area (Å²) in [6, 6.07) is 14.2. The van der Waals surface area contributed by atoms with E-state index in [9.17, 15) is 4.79 Å². The van der Waals surface area contributed by atoms with Gasteiger partial charge in [0.05, 0.1) is 0 Å². The minimum Gasteiger partial charge on any atom is -0.462 e. The van der Waals surface area contributed by atoms with Crippen molar-refractivity contribution in [2.45, 2.75) is 13.5 Å². The monoisotopic (exact) mass is 310 g/mol. The molecular formula is C19H22N2O2. The molecule has 1 fully saturated rings. The Morgan fingerprint density at radius 3 is 2.48 bits per heavy atom. The summed E-state index contributed by atoms with van der Waals surface area (Å²) in [6.07, 6.45) is 3.34. The molecule has 4 nitrogen and oxygen atoms in total. The van der Waals surface area contributed by atoms with E-state index in [0.29, 0.717) is 0 Å². The van der Waals surface area contributed by atoms with Gasteiger partial charge in [-0.25, -0.2) is 0 Å². The molecule has 0 bridgehead atoms. The highest BCUT2D eigenvalue weighted by Gasteiger charge is 2.19. The largest absolute Gasteiger partial charge is 0.462 e. The second-order valence-corrected chi connectivity index (χ2v) is 5.87. The van der Waals surface area contributed by atoms with E-state index in [1.807, 2.05) is 30.0 Å². The number of piperazine rings is 1. The summed E-state index contributed by atoms with van der Waals surface area (Å²) in [5, 5.41) is 0. The Kier molecular flexibility index (Phi) is 4.93. The molecule has 120 valence electrons. The van der Waals surface area contributed by atoms with Crippen LogP contribution in [0.5, 0.6) is 0 Å². The zero-order valence-electron chi connectivity index (χ0n) is 13.4. The highest BCUT2D eigenvalue weighted by atomic mass is 16.3. The zero-order valence-corrected chi connectivity index (χ0v) is 13.4. The summed E-state index contributed by atoms with van der Waals surface area (Å²) in [5.74, 6) is 1.63. The van der Waals surface area contributed by atoms with Gasteiger partial charge in [-0.1, -0.05) is 30.3 Å². The van der Waals surface area contributed by atoms with Crippen molar-refractivity contribution in [1.29, 1.82) is 0 Å². The molecule has 0 spiro atoms. The quantitative estimate of drug-likeness (QED) is 0.815. The number of carbonyl (C=O) groups is 1. The molecule has 1 saturated heterocycles. The van der Waals surface area contributed by atoms with Crippen LogP contribution in [0.4, 0.5) is 0 Å². The van der Waals surface area contributed by atoms with Crippen molar-refractivity contribution in [3.63, 3.8) is 0 Å². The third kappa shape index (κ3) is 4.33. The number of aryl methyl sites for hydroxylation is 1. The molecular weight excluding hydrogens is 288 g/mol. The van der Waals surface area contributed by atoms with E-state index in [1.165, 1.54) is 5.56 Å². The molecule has 0 radical (unpaired) electrons. The van der Waals surface area contributed by atoms with Crippen molar-refractivity contribution in [2.24, 2.45) is 0 Å². The average molecular weight is 310 g/mol. The van der Waals surface area contributed by atoms with Crippen molar-refractivity contribution in [2.75, 3.05) is 26.2 Å². The van der Waals surface area contributed by atoms with E-state index >= 15 is 0 Å². The fraction of sp³-hybridized carbons (Fsp3) is 0.316. The van der Waals surface area contributed by atoms with Gasteiger partial charge in [0, 0.05) is 38.8 Å². The number of benzene rings is 1. The first-order valence-corrected chi connectivity index (χ1v) is 8.00. The van der Waals surface area contributed by atoms with Gasteiger partial charge in [0.2, 0.25) is 5.91 Å². The van der Waals surface area contributed by atoms with Crippen LogP contribution in [0.3, 0.4) is 0 Å². The molecule has 1 aromatic carbocycles. The summed E-state index contributed by atoms with van der Waals surface area (Å²) in [5.41, 5.74) is 1.32. The van der Waals surface area contributed by atoms with Gasteiger partial charge in [0.1, 0.15) is 11.5 Å². The molecule has 3 rings (SSSR count). The number of hydrogen-bond donors (Lipinski definition) is 0. The van der Waals surface area contributed by atoms with Crippen LogP contribution in [0.1, 0.15) is 17.1 Å². The lowest BCUT2D eigenvalue weighted by Crippen LogP contribution is -2.47. The topological polar surface area (TPSA) is 36.7 Å². The van der Waals surface area contributed by atoms with Gasteiger partial charge in [-0.2, -0.15) is 0 Å². The molecule has 1 aromatic heterocycles. The van der Waals surface area contributed by atoms with E-state index in [4.69, 9.17) is 4.42 Å². The van der Waals surface area contributed by atoms with Crippen LogP contribution in [0.2, 0.25) is 0 Å². The average Bonchev–Trinajstić information content (AvgIpc) is 3.00. The Bertz CT molecular complexity index is 668. The predicted molar refractivity (Wildman–Crippen MR) is 90.8 cm³/mol. The van der Waals surface area contributed by atoms with E-state index < -0.39 is 0 Å². The highest BCUT2D eigenvalue weighted by Crippen LogP contribution is 2.11. The SMILES string of the molecule is Cc1ccc(C=CC(=O)N2CCN(Cc3ccccc3)CC2)o1.